The molecule has 3 atom stereocenters. The molecule has 0 bridgehead atoms. The molecule has 3 aromatic carbocycles. The Morgan fingerprint density at radius 3 is 2.54 bits per heavy atom. The van der Waals surface area contributed by atoms with Crippen LogP contribution in [0.1, 0.15) is 53.1 Å². The third-order valence-electron chi connectivity index (χ3n) is 11.8. The molecule has 7 aromatic rings. The van der Waals surface area contributed by atoms with Crippen LogP contribution >= 0.6 is 11.3 Å². The number of aryl methyl sites for hydroxylation is 2. The number of hydrogen-bond donors (Lipinski definition) is 2. The average Bonchev–Trinajstić information content (AvgIpc) is 4.13. The first-order chi connectivity index (χ1) is 32.4. The van der Waals surface area contributed by atoms with Crippen molar-refractivity contribution in [3.8, 4) is 39.3 Å². The van der Waals surface area contributed by atoms with Gasteiger partial charge in [0.05, 0.1) is 34.1 Å². The van der Waals surface area contributed by atoms with Gasteiger partial charge in [0.15, 0.2) is 5.58 Å². The predicted molar refractivity (Wildman–Crippen MR) is 247 cm³/mol. The van der Waals surface area contributed by atoms with Gasteiger partial charge in [-0.3, -0.25) is 24.2 Å². The Kier molecular flexibility index (Phi) is 12.8. The van der Waals surface area contributed by atoms with Gasteiger partial charge >= 0.3 is 0 Å². The molecule has 6 heterocycles. The molecule has 344 valence electrons. The van der Waals surface area contributed by atoms with Gasteiger partial charge in [-0.05, 0) is 66.4 Å². The number of carbonyl (C=O) groups is 3. The first kappa shape index (κ1) is 44.7. The summed E-state index contributed by atoms with van der Waals surface area (Å²) in [5, 5.41) is 18.0. The van der Waals surface area contributed by atoms with Crippen LogP contribution < -0.4 is 25.1 Å². The molecule has 1 unspecified atom stereocenters. The van der Waals surface area contributed by atoms with E-state index in [1.807, 2.05) is 57.2 Å². The van der Waals surface area contributed by atoms with E-state index in [9.17, 15) is 24.3 Å². The first-order valence-corrected chi connectivity index (χ1v) is 22.7. The monoisotopic (exact) mass is 924 g/mol. The van der Waals surface area contributed by atoms with E-state index in [1.54, 1.807) is 66.1 Å². The lowest BCUT2D eigenvalue weighted by Gasteiger charge is -2.35. The van der Waals surface area contributed by atoms with Gasteiger partial charge in [0, 0.05) is 56.4 Å². The minimum absolute atomic E-state index is 0.0126. The maximum absolute atomic E-state index is 14.3. The normalized spacial score (nSPS) is 16.1. The maximum atomic E-state index is 14.3. The van der Waals surface area contributed by atoms with Crippen molar-refractivity contribution in [2.24, 2.45) is 13.0 Å². The Balaban J connectivity index is 0.808. The fraction of sp³-hybridized carbons (Fsp3) is 0.306. The Bertz CT molecular complexity index is 3020. The number of nitrogens with one attached hydrogen (secondary N) is 1. The standard InChI is InChI=1S/C49H48N8O9S/c1-28(2)44(57-24-32-7-5-6-8-37(32)48(57)61)49(62)56-25-34(58)20-40(56)46(60)51-22-31-10-9-30(45-29(3)52-27-67-45)19-42(31)64-18-17-63-36-12-11-33(50-23-36)26-65-35-13-15-41-39(21-35)53-47(66-41)38-14-16-43(59)55(4)54-38/h5-16,19,21,23,27-28,34,40,44,58H,17-18,20,22,24-26H2,1-4H3,(H,51,60)/t34-,40+,44?/m1/s1. The van der Waals surface area contributed by atoms with Crippen LogP contribution in [0.3, 0.4) is 0 Å². The summed E-state index contributed by atoms with van der Waals surface area (Å²) in [6.07, 6.45) is 0.791. The molecule has 2 N–H and O–H groups in total. The number of likely N-dealkylation sites (tertiary alicyclic amines) is 1. The lowest BCUT2D eigenvalue weighted by atomic mass is 10.0. The summed E-state index contributed by atoms with van der Waals surface area (Å²) >= 11 is 1.52. The summed E-state index contributed by atoms with van der Waals surface area (Å²) in [6.45, 7) is 6.65. The molecule has 1 fully saturated rings. The molecule has 2 aliphatic heterocycles. The van der Waals surface area contributed by atoms with Crippen molar-refractivity contribution < 1.29 is 38.1 Å². The number of aromatic nitrogens is 5. The number of thiazole rings is 1. The Morgan fingerprint density at radius 2 is 1.78 bits per heavy atom. The molecule has 0 aliphatic carbocycles. The van der Waals surface area contributed by atoms with Crippen molar-refractivity contribution in [1.82, 2.24) is 39.8 Å². The summed E-state index contributed by atoms with van der Waals surface area (Å²) in [6, 6.07) is 23.2. The van der Waals surface area contributed by atoms with E-state index in [0.29, 0.717) is 63.3 Å². The van der Waals surface area contributed by atoms with E-state index in [1.165, 1.54) is 27.0 Å². The van der Waals surface area contributed by atoms with Crippen molar-refractivity contribution >= 4 is 40.2 Å². The molecule has 1 saturated heterocycles. The second-order valence-corrected chi connectivity index (χ2v) is 17.6. The van der Waals surface area contributed by atoms with Gasteiger partial charge in [0.2, 0.25) is 17.7 Å². The van der Waals surface area contributed by atoms with Gasteiger partial charge < -0.3 is 38.9 Å². The molecule has 17 nitrogen and oxygen atoms in total. The van der Waals surface area contributed by atoms with E-state index in [4.69, 9.17) is 18.6 Å². The number of aliphatic hydroxyl groups excluding tert-OH is 1. The zero-order valence-corrected chi connectivity index (χ0v) is 38.1. The third kappa shape index (κ3) is 9.62. The summed E-state index contributed by atoms with van der Waals surface area (Å²) in [7, 11) is 1.56. The van der Waals surface area contributed by atoms with Gasteiger partial charge in [-0.2, -0.15) is 5.10 Å². The number of ether oxygens (including phenoxy) is 3. The highest BCUT2D eigenvalue weighted by Crippen LogP contribution is 2.34. The van der Waals surface area contributed by atoms with Crippen molar-refractivity contribution in [2.45, 2.75) is 65.1 Å². The van der Waals surface area contributed by atoms with Crippen molar-refractivity contribution in [3.05, 3.63) is 135 Å². The topological polar surface area (TPSA) is 204 Å². The number of amides is 3. The largest absolute Gasteiger partial charge is 0.490 e. The highest BCUT2D eigenvalue weighted by Gasteiger charge is 2.46. The number of nitrogens with zero attached hydrogens (tertiary/aromatic N) is 7. The van der Waals surface area contributed by atoms with E-state index in [-0.39, 0.29) is 62.6 Å². The molecule has 0 saturated carbocycles. The molecular formula is C49H48N8O9S. The van der Waals surface area contributed by atoms with Gasteiger partial charge in [-0.1, -0.05) is 44.2 Å². The fourth-order valence-electron chi connectivity index (χ4n) is 8.38. The van der Waals surface area contributed by atoms with Crippen molar-refractivity contribution in [3.63, 3.8) is 0 Å². The van der Waals surface area contributed by atoms with E-state index in [2.05, 4.69) is 25.4 Å². The molecule has 0 spiro atoms. The van der Waals surface area contributed by atoms with Gasteiger partial charge in [0.25, 0.3) is 11.5 Å². The van der Waals surface area contributed by atoms with E-state index in [0.717, 1.165) is 21.7 Å². The maximum Gasteiger partial charge on any atom is 0.266 e. The quantitative estimate of drug-likeness (QED) is 0.112. The minimum atomic E-state index is -0.928. The van der Waals surface area contributed by atoms with Crippen molar-refractivity contribution in [2.75, 3.05) is 19.8 Å². The number of oxazole rings is 1. The number of pyridine rings is 1. The number of benzene rings is 3. The molecule has 2 aliphatic rings. The second-order valence-electron chi connectivity index (χ2n) is 16.8. The number of hydrogen-bond acceptors (Lipinski definition) is 14. The van der Waals surface area contributed by atoms with E-state index < -0.39 is 24.1 Å². The smallest absolute Gasteiger partial charge is 0.266 e. The Labute approximate surface area is 389 Å². The lowest BCUT2D eigenvalue weighted by Crippen LogP contribution is -2.55. The minimum Gasteiger partial charge on any atom is -0.490 e. The highest BCUT2D eigenvalue weighted by molar-refractivity contribution is 7.13. The number of fused-ring (bicyclic) bond motifs is 2. The number of carbonyl (C=O) groups excluding carboxylic acids is 3. The number of aliphatic hydroxyl groups is 1. The van der Waals surface area contributed by atoms with Gasteiger partial charge in [0.1, 0.15) is 60.4 Å². The molecule has 9 rings (SSSR count). The number of rotatable bonds is 16. The summed E-state index contributed by atoms with van der Waals surface area (Å²) in [5.74, 6) is 0.697. The molecular weight excluding hydrogens is 877 g/mol. The Hall–Kier alpha value is -7.44. The average molecular weight is 925 g/mol. The van der Waals surface area contributed by atoms with Crippen LogP contribution in [0.2, 0.25) is 0 Å². The SMILES string of the molecule is Cc1ncsc1-c1ccc(CNC(=O)[C@@H]2C[C@@H](O)CN2C(=O)C(C(C)C)N2Cc3ccccc3C2=O)c(OCCOc2ccc(COc3ccc4oc(-c5ccc(=O)n(C)n5)nc4c3)nc2)c1. The highest BCUT2D eigenvalue weighted by atomic mass is 32.1. The van der Waals surface area contributed by atoms with Crippen LogP contribution in [0, 0.1) is 12.8 Å². The lowest BCUT2D eigenvalue weighted by molar-refractivity contribution is -0.143. The molecule has 67 heavy (non-hydrogen) atoms. The summed E-state index contributed by atoms with van der Waals surface area (Å²) in [4.78, 5) is 70.8. The zero-order chi connectivity index (χ0) is 46.8. The van der Waals surface area contributed by atoms with Gasteiger partial charge in [-0.25, -0.2) is 14.6 Å². The van der Waals surface area contributed by atoms with Crippen LogP contribution in [0.4, 0.5) is 0 Å². The van der Waals surface area contributed by atoms with E-state index >= 15 is 0 Å². The van der Waals surface area contributed by atoms with Crippen LogP contribution in [0.5, 0.6) is 17.2 Å². The summed E-state index contributed by atoms with van der Waals surface area (Å²) in [5.41, 5.74) is 7.71. The van der Waals surface area contributed by atoms with Crippen LogP contribution in [0.25, 0.3) is 33.1 Å². The second kappa shape index (κ2) is 19.2. The fourth-order valence-corrected chi connectivity index (χ4v) is 9.19. The molecule has 3 amide bonds. The number of β-amino-alcohol motifs (C(OH)–C–C–N with tert-alkyl or cyclic N) is 1. The van der Waals surface area contributed by atoms with Crippen LogP contribution in [-0.4, -0.2) is 95.3 Å². The van der Waals surface area contributed by atoms with Crippen LogP contribution in [-0.2, 0) is 36.3 Å². The zero-order valence-electron chi connectivity index (χ0n) is 37.2. The van der Waals surface area contributed by atoms with Gasteiger partial charge in [-0.15, -0.1) is 11.3 Å². The van der Waals surface area contributed by atoms with Crippen LogP contribution in [0.15, 0.2) is 106 Å². The predicted octanol–water partition coefficient (Wildman–Crippen LogP) is 5.71. The van der Waals surface area contributed by atoms with Crippen molar-refractivity contribution in [1.29, 1.82) is 0 Å². The summed E-state index contributed by atoms with van der Waals surface area (Å²) < 4.78 is 25.3. The molecule has 18 heteroatoms. The Morgan fingerprint density at radius 1 is 0.955 bits per heavy atom. The first-order valence-electron chi connectivity index (χ1n) is 21.9. The third-order valence-corrected chi connectivity index (χ3v) is 12.8. The molecule has 4 aromatic heterocycles. The molecule has 0 radical (unpaired) electrons.